The van der Waals surface area contributed by atoms with Crippen LogP contribution in [0.1, 0.15) is 70.6 Å². The summed E-state index contributed by atoms with van der Waals surface area (Å²) in [6, 6.07) is 0. The maximum atomic E-state index is 9.81. The summed E-state index contributed by atoms with van der Waals surface area (Å²) in [4.78, 5) is 0. The van der Waals surface area contributed by atoms with E-state index in [-0.39, 0.29) is 12.6 Å². The lowest BCUT2D eigenvalue weighted by atomic mass is 10.1. The second-order valence-corrected chi connectivity index (χ2v) is 7.19. The monoisotopic (exact) mass is 380 g/mol. The normalized spacial score (nSPS) is 22.0. The van der Waals surface area contributed by atoms with Crippen molar-refractivity contribution in [3.05, 3.63) is 12.2 Å². The number of ether oxygens (including phenoxy) is 4. The van der Waals surface area contributed by atoms with Gasteiger partial charge in [0.25, 0.3) is 0 Å². The van der Waals surface area contributed by atoms with Crippen LogP contribution in [0.15, 0.2) is 12.2 Å². The van der Waals surface area contributed by atoms with E-state index in [1.54, 1.807) is 12.2 Å². The third kappa shape index (κ3) is 11.5. The molecule has 0 aromatic heterocycles. The van der Waals surface area contributed by atoms with Gasteiger partial charge < -0.3 is 24.1 Å². The Morgan fingerprint density at radius 1 is 0.963 bits per heavy atom. The van der Waals surface area contributed by atoms with Gasteiger partial charge in [0, 0.05) is 26.1 Å². The Morgan fingerprint density at radius 2 is 1.74 bits per heavy atom. The lowest BCUT2D eigenvalue weighted by Crippen LogP contribution is -2.22. The minimum atomic E-state index is -0.559. The first-order chi connectivity index (χ1) is 13.3. The molecule has 1 N–H and O–H groups in total. The fourth-order valence-corrected chi connectivity index (χ4v) is 3.19. The smallest absolute Gasteiger partial charge is 0.160 e. The van der Waals surface area contributed by atoms with E-state index in [0.29, 0.717) is 19.6 Å². The van der Waals surface area contributed by atoms with Gasteiger partial charge in [0.15, 0.2) is 12.6 Å². The minimum Gasteiger partial charge on any atom is -0.389 e. The molecular formula is C22H36O5. The first-order valence-electron chi connectivity index (χ1n) is 10.6. The zero-order valence-corrected chi connectivity index (χ0v) is 16.6. The van der Waals surface area contributed by atoms with E-state index in [4.69, 9.17) is 18.9 Å². The van der Waals surface area contributed by atoms with E-state index in [1.807, 2.05) is 0 Å². The van der Waals surface area contributed by atoms with Crippen LogP contribution in [0.5, 0.6) is 0 Å². The van der Waals surface area contributed by atoms with E-state index >= 15 is 0 Å². The summed E-state index contributed by atoms with van der Waals surface area (Å²) < 4.78 is 21.9. The van der Waals surface area contributed by atoms with Crippen molar-refractivity contribution in [1.29, 1.82) is 0 Å². The van der Waals surface area contributed by atoms with Crippen LogP contribution in [0, 0.1) is 11.8 Å². The Morgan fingerprint density at radius 3 is 2.52 bits per heavy atom. The second-order valence-electron chi connectivity index (χ2n) is 7.19. The summed E-state index contributed by atoms with van der Waals surface area (Å²) in [7, 11) is 0. The maximum Gasteiger partial charge on any atom is 0.160 e. The Balaban J connectivity index is 1.34. The maximum absolute atomic E-state index is 9.81. The number of allylic oxidation sites excluding steroid dienone is 1. The molecule has 0 spiro atoms. The van der Waals surface area contributed by atoms with Gasteiger partial charge in [-0.25, -0.2) is 0 Å². The predicted octanol–water partition coefficient (Wildman–Crippen LogP) is 3.94. The molecule has 0 aromatic carbocycles. The van der Waals surface area contributed by atoms with Crippen LogP contribution >= 0.6 is 0 Å². The molecule has 0 aromatic rings. The van der Waals surface area contributed by atoms with Crippen LogP contribution in [-0.2, 0) is 18.9 Å². The third-order valence-electron chi connectivity index (χ3n) is 4.77. The van der Waals surface area contributed by atoms with Crippen LogP contribution in [0.25, 0.3) is 0 Å². The number of hydrogen-bond acceptors (Lipinski definition) is 5. The van der Waals surface area contributed by atoms with Crippen molar-refractivity contribution < 1.29 is 24.1 Å². The predicted molar refractivity (Wildman–Crippen MR) is 105 cm³/mol. The van der Waals surface area contributed by atoms with Crippen LogP contribution in [0.4, 0.5) is 0 Å². The zero-order valence-electron chi connectivity index (χ0n) is 16.6. The molecule has 2 rings (SSSR count). The van der Waals surface area contributed by atoms with Gasteiger partial charge in [-0.2, -0.15) is 0 Å². The molecule has 154 valence electrons. The molecule has 2 heterocycles. The fourth-order valence-electron chi connectivity index (χ4n) is 3.19. The first-order valence-corrected chi connectivity index (χ1v) is 10.6. The second kappa shape index (κ2) is 15.1. The lowest BCUT2D eigenvalue weighted by molar-refractivity contribution is -0.162. The van der Waals surface area contributed by atoms with Gasteiger partial charge in [-0.3, -0.25) is 0 Å². The Kier molecular flexibility index (Phi) is 12.5. The van der Waals surface area contributed by atoms with Gasteiger partial charge in [0.1, 0.15) is 0 Å². The summed E-state index contributed by atoms with van der Waals surface area (Å²) in [5.41, 5.74) is 0. The first kappa shape index (κ1) is 22.4. The molecule has 2 atom stereocenters. The molecular weight excluding hydrogens is 344 g/mol. The SMILES string of the molecule is OC(/C=C/C#CCCCCCCCCOC1CCCCO1)CC1OCCO1. The molecule has 5 nitrogen and oxygen atoms in total. The molecule has 5 heteroatoms. The van der Waals surface area contributed by atoms with E-state index in [1.165, 1.54) is 38.5 Å². The molecule has 0 radical (unpaired) electrons. The van der Waals surface area contributed by atoms with Crippen LogP contribution < -0.4 is 0 Å². The van der Waals surface area contributed by atoms with Crippen molar-refractivity contribution in [3.63, 3.8) is 0 Å². The molecule has 0 bridgehead atoms. The molecule has 2 aliphatic rings. The number of hydrogen-bond donors (Lipinski definition) is 1. The molecule has 0 aliphatic carbocycles. The molecule has 0 saturated carbocycles. The number of aliphatic hydroxyl groups is 1. The third-order valence-corrected chi connectivity index (χ3v) is 4.77. The summed E-state index contributed by atoms with van der Waals surface area (Å²) >= 11 is 0. The topological polar surface area (TPSA) is 57.2 Å². The van der Waals surface area contributed by atoms with Crippen LogP contribution in [0.2, 0.25) is 0 Å². The van der Waals surface area contributed by atoms with Crippen LogP contribution in [-0.4, -0.2) is 50.2 Å². The van der Waals surface area contributed by atoms with Crippen molar-refractivity contribution >= 4 is 0 Å². The van der Waals surface area contributed by atoms with Gasteiger partial charge >= 0.3 is 0 Å². The highest BCUT2D eigenvalue weighted by atomic mass is 16.7. The molecule has 27 heavy (non-hydrogen) atoms. The van der Waals surface area contributed by atoms with Gasteiger partial charge in [-0.05, 0) is 44.3 Å². The highest BCUT2D eigenvalue weighted by Crippen LogP contribution is 2.15. The highest BCUT2D eigenvalue weighted by Gasteiger charge is 2.18. The average molecular weight is 381 g/mol. The zero-order chi connectivity index (χ0) is 19.0. The Bertz CT molecular complexity index is 441. The van der Waals surface area contributed by atoms with Crippen molar-refractivity contribution in [2.75, 3.05) is 26.4 Å². The molecule has 2 unspecified atom stereocenters. The van der Waals surface area contributed by atoms with E-state index in [2.05, 4.69) is 11.8 Å². The van der Waals surface area contributed by atoms with Gasteiger partial charge in [-0.15, -0.1) is 0 Å². The Labute approximate surface area is 164 Å². The van der Waals surface area contributed by atoms with Crippen molar-refractivity contribution in [1.82, 2.24) is 0 Å². The highest BCUT2D eigenvalue weighted by molar-refractivity contribution is 5.16. The average Bonchev–Trinajstić information content (AvgIpc) is 3.19. The van der Waals surface area contributed by atoms with Crippen molar-refractivity contribution in [2.24, 2.45) is 0 Å². The number of rotatable bonds is 12. The standard InChI is InChI=1S/C22H36O5/c23-20(19-22-26-17-18-27-22)13-9-7-5-3-1-2-4-6-8-11-15-24-21-14-10-12-16-25-21/h9,13,20-23H,1-4,6,8,10-12,14-19H2/b13-9+. The molecule has 2 saturated heterocycles. The van der Waals surface area contributed by atoms with Gasteiger partial charge in [0.05, 0.1) is 19.3 Å². The quantitative estimate of drug-likeness (QED) is 0.410. The van der Waals surface area contributed by atoms with Crippen molar-refractivity contribution in [3.8, 4) is 11.8 Å². The summed E-state index contributed by atoms with van der Waals surface area (Å²) in [6.07, 6.45) is 14.7. The van der Waals surface area contributed by atoms with E-state index < -0.39 is 6.10 Å². The summed E-state index contributed by atoms with van der Waals surface area (Å²) in [6.45, 7) is 2.91. The minimum absolute atomic E-state index is 0.0527. The van der Waals surface area contributed by atoms with Crippen LogP contribution in [0.3, 0.4) is 0 Å². The van der Waals surface area contributed by atoms with E-state index in [0.717, 1.165) is 38.9 Å². The van der Waals surface area contributed by atoms with Gasteiger partial charge in [-0.1, -0.05) is 37.5 Å². The van der Waals surface area contributed by atoms with Crippen molar-refractivity contribution in [2.45, 2.75) is 89.3 Å². The van der Waals surface area contributed by atoms with Gasteiger partial charge in [0.2, 0.25) is 0 Å². The fraction of sp³-hybridized carbons (Fsp3) is 0.818. The molecule has 2 aliphatic heterocycles. The molecule has 2 fully saturated rings. The number of unbranched alkanes of at least 4 members (excludes halogenated alkanes) is 6. The lowest BCUT2D eigenvalue weighted by Gasteiger charge is -2.22. The Hall–Kier alpha value is -0.900. The molecule has 0 amide bonds. The summed E-state index contributed by atoms with van der Waals surface area (Å²) in [5, 5.41) is 9.81. The largest absolute Gasteiger partial charge is 0.389 e. The number of aliphatic hydroxyl groups excluding tert-OH is 1. The summed E-state index contributed by atoms with van der Waals surface area (Å²) in [5.74, 6) is 6.13. The van der Waals surface area contributed by atoms with E-state index in [9.17, 15) is 5.11 Å².